The average molecular weight is 324 g/mol. The zero-order valence-corrected chi connectivity index (χ0v) is 13.0. The Morgan fingerprint density at radius 3 is 2.58 bits per heavy atom. The summed E-state index contributed by atoms with van der Waals surface area (Å²) >= 11 is 0. The highest BCUT2D eigenvalue weighted by Gasteiger charge is 2.38. The molecule has 0 spiro atoms. The normalized spacial score (nSPS) is 19.6. The van der Waals surface area contributed by atoms with Crippen LogP contribution in [0.4, 0.5) is 0 Å². The maximum absolute atomic E-state index is 11.7. The minimum Gasteiger partial charge on any atom is -0.476 e. The topological polar surface area (TPSA) is 108 Å². The summed E-state index contributed by atoms with van der Waals surface area (Å²) < 4.78 is 0. The Labute approximate surface area is 138 Å². The molecule has 122 valence electrons. The summed E-state index contributed by atoms with van der Waals surface area (Å²) in [6.45, 7) is 1.38. The van der Waals surface area contributed by atoms with Crippen molar-refractivity contribution in [3.8, 4) is 0 Å². The number of carbonyl (C=O) groups excluding carboxylic acids is 1. The Morgan fingerprint density at radius 1 is 1.25 bits per heavy atom. The number of hydrogen-bond acceptors (Lipinski definition) is 4. The molecule has 7 nitrogen and oxygen atoms in total. The van der Waals surface area contributed by atoms with Gasteiger partial charge in [0.05, 0.1) is 0 Å². The van der Waals surface area contributed by atoms with Gasteiger partial charge in [-0.1, -0.05) is 48.6 Å². The molecule has 2 aromatic rings. The number of nitrogens with zero attached hydrogens (tertiary/aromatic N) is 2. The van der Waals surface area contributed by atoms with E-state index in [1.165, 1.54) is 6.92 Å². The fraction of sp³-hybridized carbons (Fsp3) is 0.176. The fourth-order valence-corrected chi connectivity index (χ4v) is 2.82. The maximum atomic E-state index is 11.7. The lowest BCUT2D eigenvalue weighted by Gasteiger charge is -2.31. The standard InChI is InChI=1S/C17H16N4O3/c1-11(22)18-17(15-14(16(23)24)19-21-20-15)9-7-13(8-10-17)12-5-3-2-4-6-12/h2-9H,10H2,1H3,(H,18,22)(H,23,24)(H,19,20,21). The van der Waals surface area contributed by atoms with Crippen LogP contribution in [0.2, 0.25) is 0 Å². The van der Waals surface area contributed by atoms with Gasteiger partial charge in [-0.3, -0.25) is 4.79 Å². The number of aromatic nitrogens is 3. The van der Waals surface area contributed by atoms with Crippen LogP contribution in [0.15, 0.2) is 48.6 Å². The molecule has 0 fully saturated rings. The smallest absolute Gasteiger partial charge is 0.358 e. The van der Waals surface area contributed by atoms with E-state index >= 15 is 0 Å². The molecule has 0 aliphatic heterocycles. The fourth-order valence-electron chi connectivity index (χ4n) is 2.82. The van der Waals surface area contributed by atoms with Crippen LogP contribution in [0.1, 0.15) is 35.1 Å². The van der Waals surface area contributed by atoms with Crippen molar-refractivity contribution in [1.29, 1.82) is 0 Å². The van der Waals surface area contributed by atoms with E-state index in [9.17, 15) is 14.7 Å². The van der Waals surface area contributed by atoms with E-state index in [2.05, 4.69) is 20.7 Å². The predicted molar refractivity (Wildman–Crippen MR) is 87.0 cm³/mol. The van der Waals surface area contributed by atoms with Crippen LogP contribution in [0.5, 0.6) is 0 Å². The van der Waals surface area contributed by atoms with Gasteiger partial charge >= 0.3 is 5.97 Å². The lowest BCUT2D eigenvalue weighted by Crippen LogP contribution is -2.45. The summed E-state index contributed by atoms with van der Waals surface area (Å²) in [4.78, 5) is 23.0. The molecule has 0 saturated heterocycles. The second kappa shape index (κ2) is 6.11. The van der Waals surface area contributed by atoms with Crippen molar-refractivity contribution in [2.75, 3.05) is 0 Å². The predicted octanol–water partition coefficient (Wildman–Crippen LogP) is 1.88. The number of rotatable bonds is 4. The zero-order valence-electron chi connectivity index (χ0n) is 13.0. The highest BCUT2D eigenvalue weighted by atomic mass is 16.4. The number of allylic oxidation sites excluding steroid dienone is 2. The Morgan fingerprint density at radius 2 is 2.00 bits per heavy atom. The summed E-state index contributed by atoms with van der Waals surface area (Å²) in [7, 11) is 0. The molecular weight excluding hydrogens is 308 g/mol. The minimum absolute atomic E-state index is 0.185. The molecule has 1 heterocycles. The van der Waals surface area contributed by atoms with Gasteiger partial charge in [0.25, 0.3) is 0 Å². The molecule has 3 N–H and O–H groups in total. The number of aromatic amines is 1. The van der Waals surface area contributed by atoms with Crippen LogP contribution in [-0.2, 0) is 10.3 Å². The van der Waals surface area contributed by atoms with Gasteiger partial charge in [-0.15, -0.1) is 5.10 Å². The van der Waals surface area contributed by atoms with Crippen molar-refractivity contribution in [1.82, 2.24) is 20.7 Å². The lowest BCUT2D eigenvalue weighted by molar-refractivity contribution is -0.120. The molecule has 1 aromatic heterocycles. The second-order valence-corrected chi connectivity index (χ2v) is 5.54. The molecule has 7 heteroatoms. The molecule has 0 saturated carbocycles. The first-order chi connectivity index (χ1) is 11.5. The SMILES string of the molecule is CC(=O)NC1(c2n[nH]nc2C(=O)O)C=CC(c2ccccc2)=CC1. The van der Waals surface area contributed by atoms with Gasteiger partial charge < -0.3 is 10.4 Å². The summed E-state index contributed by atoms with van der Waals surface area (Å²) in [5.74, 6) is -1.48. The number of hydrogen-bond donors (Lipinski definition) is 3. The molecule has 1 atom stereocenters. The molecule has 1 amide bonds. The molecule has 1 aliphatic rings. The number of carbonyl (C=O) groups is 2. The summed E-state index contributed by atoms with van der Waals surface area (Å²) in [5.41, 5.74) is 0.987. The third-order valence-corrected chi connectivity index (χ3v) is 3.87. The molecule has 0 radical (unpaired) electrons. The van der Waals surface area contributed by atoms with Gasteiger partial charge in [-0.2, -0.15) is 10.3 Å². The highest BCUT2D eigenvalue weighted by molar-refractivity contribution is 5.88. The number of benzene rings is 1. The van der Waals surface area contributed by atoms with Crippen LogP contribution in [0, 0.1) is 0 Å². The number of nitrogens with one attached hydrogen (secondary N) is 2. The molecule has 0 bridgehead atoms. The average Bonchev–Trinajstić information content (AvgIpc) is 3.06. The minimum atomic E-state index is -1.20. The van der Waals surface area contributed by atoms with Crippen LogP contribution < -0.4 is 5.32 Å². The van der Waals surface area contributed by atoms with Gasteiger partial charge in [-0.25, -0.2) is 4.79 Å². The van der Waals surface area contributed by atoms with Crippen LogP contribution in [0.3, 0.4) is 0 Å². The third kappa shape index (κ3) is 2.83. The summed E-state index contributed by atoms with van der Waals surface area (Å²) in [6.07, 6.45) is 5.95. The van der Waals surface area contributed by atoms with Crippen molar-refractivity contribution in [3.63, 3.8) is 0 Å². The lowest BCUT2D eigenvalue weighted by atomic mass is 9.83. The first-order valence-corrected chi connectivity index (χ1v) is 7.40. The molecule has 3 rings (SSSR count). The highest BCUT2D eigenvalue weighted by Crippen LogP contribution is 2.34. The summed E-state index contributed by atoms with van der Waals surface area (Å²) in [5, 5.41) is 22.1. The van der Waals surface area contributed by atoms with Crippen molar-refractivity contribution < 1.29 is 14.7 Å². The van der Waals surface area contributed by atoms with Gasteiger partial charge in [0.2, 0.25) is 5.91 Å². The largest absolute Gasteiger partial charge is 0.476 e. The Bertz CT molecular complexity index is 839. The van der Waals surface area contributed by atoms with Crippen molar-refractivity contribution in [2.24, 2.45) is 0 Å². The van der Waals surface area contributed by atoms with Crippen LogP contribution in [-0.4, -0.2) is 32.4 Å². The van der Waals surface area contributed by atoms with Crippen molar-refractivity contribution in [3.05, 3.63) is 65.5 Å². The van der Waals surface area contributed by atoms with Crippen molar-refractivity contribution >= 4 is 17.4 Å². The second-order valence-electron chi connectivity index (χ2n) is 5.54. The number of carboxylic acids is 1. The monoisotopic (exact) mass is 324 g/mol. The molecule has 1 aromatic carbocycles. The maximum Gasteiger partial charge on any atom is 0.358 e. The van der Waals surface area contributed by atoms with E-state index in [-0.39, 0.29) is 17.3 Å². The first-order valence-electron chi connectivity index (χ1n) is 7.40. The third-order valence-electron chi connectivity index (χ3n) is 3.87. The van der Waals surface area contributed by atoms with Gasteiger partial charge in [0.15, 0.2) is 5.69 Å². The number of amides is 1. The molecular formula is C17H16N4O3. The van der Waals surface area contributed by atoms with E-state index in [1.54, 1.807) is 6.08 Å². The van der Waals surface area contributed by atoms with E-state index in [1.807, 2.05) is 42.5 Å². The van der Waals surface area contributed by atoms with E-state index in [0.29, 0.717) is 6.42 Å². The number of aromatic carboxylic acids is 1. The summed E-state index contributed by atoms with van der Waals surface area (Å²) in [6, 6.07) is 9.80. The first kappa shape index (κ1) is 15.7. The molecule has 24 heavy (non-hydrogen) atoms. The van der Waals surface area contributed by atoms with Gasteiger partial charge in [0.1, 0.15) is 11.2 Å². The van der Waals surface area contributed by atoms with E-state index in [4.69, 9.17) is 0 Å². The van der Waals surface area contributed by atoms with Gasteiger partial charge in [0, 0.05) is 6.92 Å². The number of H-pyrrole nitrogens is 1. The van der Waals surface area contributed by atoms with Gasteiger partial charge in [-0.05, 0) is 17.6 Å². The Kier molecular flexibility index (Phi) is 3.99. The van der Waals surface area contributed by atoms with Crippen molar-refractivity contribution in [2.45, 2.75) is 18.9 Å². The Balaban J connectivity index is 2.00. The molecule has 1 aliphatic carbocycles. The Hall–Kier alpha value is -3.22. The zero-order chi connectivity index (χ0) is 17.2. The van der Waals surface area contributed by atoms with E-state index in [0.717, 1.165) is 11.1 Å². The van der Waals surface area contributed by atoms with E-state index < -0.39 is 11.5 Å². The van der Waals surface area contributed by atoms with Crippen LogP contribution in [0.25, 0.3) is 5.57 Å². The number of carboxylic acid groups (broad SMARTS) is 1. The molecule has 1 unspecified atom stereocenters. The van der Waals surface area contributed by atoms with Crippen LogP contribution >= 0.6 is 0 Å². The quantitative estimate of drug-likeness (QED) is 0.796.